The van der Waals surface area contributed by atoms with Gasteiger partial charge in [-0.1, -0.05) is 182 Å². The number of aromatic nitrogens is 3. The van der Waals surface area contributed by atoms with Gasteiger partial charge in [0.2, 0.25) is 0 Å². The number of hydrogen-bond acceptors (Lipinski definition) is 4. The van der Waals surface area contributed by atoms with Gasteiger partial charge in [-0.25, -0.2) is 15.0 Å². The van der Waals surface area contributed by atoms with Crippen LogP contribution in [0.3, 0.4) is 0 Å². The third kappa shape index (κ3) is 5.28. The Morgan fingerprint density at radius 3 is 1.39 bits per heavy atom. The van der Waals surface area contributed by atoms with Gasteiger partial charge < -0.3 is 0 Å². The van der Waals surface area contributed by atoms with Crippen molar-refractivity contribution in [3.05, 3.63) is 234 Å². The highest BCUT2D eigenvalue weighted by molar-refractivity contribution is 6.11. The van der Waals surface area contributed by atoms with E-state index in [0.717, 1.165) is 38.9 Å². The van der Waals surface area contributed by atoms with E-state index < -0.39 is 5.41 Å². The molecule has 10 aromatic rings. The van der Waals surface area contributed by atoms with Crippen molar-refractivity contribution in [1.29, 1.82) is 5.26 Å². The molecule has 4 heteroatoms. The molecule has 0 saturated heterocycles. The molecule has 0 radical (unpaired) electrons. The van der Waals surface area contributed by atoms with E-state index in [-0.39, 0.29) is 0 Å². The number of rotatable bonds is 5. The summed E-state index contributed by atoms with van der Waals surface area (Å²) in [5, 5.41) is 12.0. The van der Waals surface area contributed by atoms with E-state index in [1.165, 1.54) is 55.3 Å². The Hall–Kier alpha value is -8.26. The molecule has 0 bridgehead atoms. The first kappa shape index (κ1) is 34.8. The van der Waals surface area contributed by atoms with Crippen molar-refractivity contribution in [1.82, 2.24) is 15.0 Å². The Morgan fingerprint density at radius 2 is 0.803 bits per heavy atom. The maximum absolute atomic E-state index is 9.63. The fraction of sp³-hybridized carbons (Fsp3) is 0.0175. The molecule has 282 valence electrons. The molecule has 0 unspecified atom stereocenters. The van der Waals surface area contributed by atoms with E-state index in [1.54, 1.807) is 0 Å². The van der Waals surface area contributed by atoms with Gasteiger partial charge in [-0.05, 0) is 102 Å². The summed E-state index contributed by atoms with van der Waals surface area (Å²) < 4.78 is 0. The number of nitrogens with zero attached hydrogens (tertiary/aromatic N) is 4. The lowest BCUT2D eigenvalue weighted by Crippen LogP contribution is -2.26. The maximum atomic E-state index is 9.63. The summed E-state index contributed by atoms with van der Waals surface area (Å²) in [6, 6.07) is 75.3. The summed E-state index contributed by atoms with van der Waals surface area (Å²) in [6.07, 6.45) is 0. The highest BCUT2D eigenvalue weighted by Crippen LogP contribution is 2.64. The zero-order chi connectivity index (χ0) is 40.5. The van der Waals surface area contributed by atoms with Crippen LogP contribution in [0, 0.1) is 11.3 Å². The van der Waals surface area contributed by atoms with Gasteiger partial charge in [-0.2, -0.15) is 5.26 Å². The molecule has 4 nitrogen and oxygen atoms in total. The lowest BCUT2D eigenvalue weighted by molar-refractivity contribution is 0.795. The minimum absolute atomic E-state index is 0.550. The molecule has 0 amide bonds. The van der Waals surface area contributed by atoms with Gasteiger partial charge in [-0.3, -0.25) is 0 Å². The van der Waals surface area contributed by atoms with Crippen molar-refractivity contribution in [3.8, 4) is 84.7 Å². The van der Waals surface area contributed by atoms with Crippen LogP contribution >= 0.6 is 0 Å². The van der Waals surface area contributed by atoms with Gasteiger partial charge in [0.15, 0.2) is 17.5 Å². The Balaban J connectivity index is 1.05. The van der Waals surface area contributed by atoms with Crippen molar-refractivity contribution >= 4 is 10.8 Å². The number of hydrogen-bond donors (Lipinski definition) is 0. The minimum Gasteiger partial charge on any atom is -0.208 e. The van der Waals surface area contributed by atoms with Crippen molar-refractivity contribution in [2.24, 2.45) is 0 Å². The number of nitriles is 1. The molecule has 0 aliphatic heterocycles. The van der Waals surface area contributed by atoms with E-state index in [0.29, 0.717) is 23.0 Å². The lowest BCUT2D eigenvalue weighted by atomic mass is 9.69. The molecule has 2 aliphatic carbocycles. The van der Waals surface area contributed by atoms with Crippen LogP contribution in [0.1, 0.15) is 27.8 Å². The Bertz CT molecular complexity index is 3300. The molecule has 9 aromatic carbocycles. The van der Waals surface area contributed by atoms with E-state index in [9.17, 15) is 5.26 Å². The quantitative estimate of drug-likeness (QED) is 0.175. The monoisotopic (exact) mass is 774 g/mol. The summed E-state index contributed by atoms with van der Waals surface area (Å²) in [6.45, 7) is 0. The van der Waals surface area contributed by atoms with Crippen LogP contribution in [0.2, 0.25) is 0 Å². The Labute approximate surface area is 353 Å². The zero-order valence-corrected chi connectivity index (χ0v) is 32.9. The predicted molar refractivity (Wildman–Crippen MR) is 246 cm³/mol. The third-order valence-electron chi connectivity index (χ3n) is 12.6. The molecule has 2 aliphatic rings. The molecule has 0 N–H and O–H groups in total. The first-order valence-electron chi connectivity index (χ1n) is 20.6. The van der Waals surface area contributed by atoms with Gasteiger partial charge in [0, 0.05) is 16.7 Å². The second kappa shape index (κ2) is 13.7. The van der Waals surface area contributed by atoms with Gasteiger partial charge in [0.25, 0.3) is 0 Å². The van der Waals surface area contributed by atoms with Gasteiger partial charge >= 0.3 is 0 Å². The van der Waals surface area contributed by atoms with Crippen LogP contribution in [-0.2, 0) is 5.41 Å². The summed E-state index contributed by atoms with van der Waals surface area (Å²) in [5.41, 5.74) is 17.6. The fourth-order valence-corrected chi connectivity index (χ4v) is 9.89. The Morgan fingerprint density at radius 1 is 0.328 bits per heavy atom. The largest absolute Gasteiger partial charge is 0.208 e. The van der Waals surface area contributed by atoms with Crippen LogP contribution in [-0.4, -0.2) is 15.0 Å². The van der Waals surface area contributed by atoms with Crippen LogP contribution in [0.25, 0.3) is 89.4 Å². The third-order valence-corrected chi connectivity index (χ3v) is 12.6. The molecule has 61 heavy (non-hydrogen) atoms. The smallest absolute Gasteiger partial charge is 0.164 e. The average molecular weight is 775 g/mol. The second-order valence-electron chi connectivity index (χ2n) is 15.8. The summed E-state index contributed by atoms with van der Waals surface area (Å²) in [5.74, 6) is 1.92. The molecule has 0 fully saturated rings. The van der Waals surface area contributed by atoms with E-state index in [2.05, 4.69) is 140 Å². The summed E-state index contributed by atoms with van der Waals surface area (Å²) >= 11 is 0. The van der Waals surface area contributed by atoms with Crippen LogP contribution in [0.4, 0.5) is 0 Å². The van der Waals surface area contributed by atoms with Crippen LogP contribution in [0.5, 0.6) is 0 Å². The van der Waals surface area contributed by atoms with Crippen LogP contribution in [0.15, 0.2) is 206 Å². The molecule has 12 rings (SSSR count). The number of fused-ring (bicyclic) bond motifs is 12. The Kier molecular flexibility index (Phi) is 7.78. The second-order valence-corrected chi connectivity index (χ2v) is 15.8. The molecular weight excluding hydrogens is 741 g/mol. The van der Waals surface area contributed by atoms with Crippen molar-refractivity contribution in [2.75, 3.05) is 0 Å². The van der Waals surface area contributed by atoms with E-state index in [1.807, 2.05) is 72.8 Å². The standard InChI is InChI=1S/C57H34N4/c58-35-36-23-25-38(26-24-36)48-34-52-53(46-20-8-7-17-43(46)48)47-32-31-42(33-51(47)57(52)49-21-11-9-18-44(49)45-19-10-12-22-50(45)57)37-27-29-41(30-28-37)56-60-54(39-13-3-1-4-14-39)59-55(61-56)40-15-5-2-6-16-40/h1-34H. The SMILES string of the molecule is N#Cc1ccc(-c2cc3c(c4ccccc24)-c2ccc(-c4ccc(-c5nc(-c6ccccc6)nc(-c6ccccc6)n5)cc4)cc2C32c3ccccc3-c3ccccc32)cc1. The van der Waals surface area contributed by atoms with Crippen molar-refractivity contribution < 1.29 is 0 Å². The zero-order valence-electron chi connectivity index (χ0n) is 32.9. The number of benzene rings is 9. The van der Waals surface area contributed by atoms with Gasteiger partial charge in [0.1, 0.15) is 0 Å². The molecule has 1 heterocycles. The normalized spacial score (nSPS) is 12.7. The topological polar surface area (TPSA) is 62.5 Å². The molecular formula is C57H34N4. The summed E-state index contributed by atoms with van der Waals surface area (Å²) in [4.78, 5) is 14.9. The van der Waals surface area contributed by atoms with Crippen molar-refractivity contribution in [3.63, 3.8) is 0 Å². The van der Waals surface area contributed by atoms with E-state index in [4.69, 9.17) is 15.0 Å². The lowest BCUT2D eigenvalue weighted by Gasteiger charge is -2.31. The van der Waals surface area contributed by atoms with Crippen LogP contribution < -0.4 is 0 Å². The first-order chi connectivity index (χ1) is 30.2. The highest BCUT2D eigenvalue weighted by Gasteiger charge is 2.52. The predicted octanol–water partition coefficient (Wildman–Crippen LogP) is 13.6. The minimum atomic E-state index is -0.550. The molecule has 0 saturated carbocycles. The summed E-state index contributed by atoms with van der Waals surface area (Å²) in [7, 11) is 0. The fourth-order valence-electron chi connectivity index (χ4n) is 9.89. The maximum Gasteiger partial charge on any atom is 0.164 e. The first-order valence-corrected chi connectivity index (χ1v) is 20.6. The highest BCUT2D eigenvalue weighted by atomic mass is 15.0. The average Bonchev–Trinajstić information content (AvgIpc) is 3.81. The van der Waals surface area contributed by atoms with Gasteiger partial charge in [0.05, 0.1) is 17.0 Å². The molecule has 1 aromatic heterocycles. The van der Waals surface area contributed by atoms with Crippen molar-refractivity contribution in [2.45, 2.75) is 5.41 Å². The molecule has 1 spiro atoms. The van der Waals surface area contributed by atoms with E-state index >= 15 is 0 Å². The van der Waals surface area contributed by atoms with Gasteiger partial charge in [-0.15, -0.1) is 0 Å². The molecule has 0 atom stereocenters.